The van der Waals surface area contributed by atoms with Gasteiger partial charge in [0.1, 0.15) is 11.6 Å². The predicted octanol–water partition coefficient (Wildman–Crippen LogP) is 2.90. The van der Waals surface area contributed by atoms with Crippen LogP contribution in [0, 0.1) is 11.6 Å². The maximum absolute atomic E-state index is 13.5. The quantitative estimate of drug-likeness (QED) is 0.790. The summed E-state index contributed by atoms with van der Waals surface area (Å²) in [6.07, 6.45) is -1.04. The molecule has 0 spiro atoms. The number of rotatable bonds is 6. The molecule has 1 unspecified atom stereocenters. The molecule has 0 amide bonds. The highest BCUT2D eigenvalue weighted by Crippen LogP contribution is 2.19. The number of hydrogen-bond donors (Lipinski definition) is 1. The van der Waals surface area contributed by atoms with Crippen LogP contribution < -0.4 is 0 Å². The SMILES string of the molecule is C=C(C)CN(CC)CC(O)c1cc(F)ccc1F. The average Bonchev–Trinajstić information content (AvgIpc) is 2.30. The first-order valence-electron chi connectivity index (χ1n) is 5.93. The van der Waals surface area contributed by atoms with Crippen molar-refractivity contribution in [3.8, 4) is 0 Å². The Hall–Kier alpha value is -1.26. The third-order valence-corrected chi connectivity index (χ3v) is 2.69. The lowest BCUT2D eigenvalue weighted by Crippen LogP contribution is -2.30. The zero-order chi connectivity index (χ0) is 13.7. The second kappa shape index (κ2) is 6.61. The van der Waals surface area contributed by atoms with Gasteiger partial charge in [-0.25, -0.2) is 8.78 Å². The Kier molecular flexibility index (Phi) is 5.44. The molecule has 0 aliphatic heterocycles. The molecule has 0 heterocycles. The summed E-state index contributed by atoms with van der Waals surface area (Å²) in [7, 11) is 0. The van der Waals surface area contributed by atoms with Gasteiger partial charge in [0.05, 0.1) is 6.10 Å². The average molecular weight is 255 g/mol. The molecule has 100 valence electrons. The van der Waals surface area contributed by atoms with Crippen molar-refractivity contribution >= 4 is 0 Å². The third kappa shape index (κ3) is 4.20. The number of likely N-dealkylation sites (N-methyl/N-ethyl adjacent to an activating group) is 1. The summed E-state index contributed by atoms with van der Waals surface area (Å²) in [6, 6.07) is 3.11. The largest absolute Gasteiger partial charge is 0.387 e. The van der Waals surface area contributed by atoms with Crippen molar-refractivity contribution in [2.45, 2.75) is 20.0 Å². The molecule has 1 rings (SSSR count). The van der Waals surface area contributed by atoms with Gasteiger partial charge in [-0.1, -0.05) is 19.1 Å². The van der Waals surface area contributed by atoms with Gasteiger partial charge in [0, 0.05) is 18.7 Å². The highest BCUT2D eigenvalue weighted by molar-refractivity contribution is 5.21. The fourth-order valence-corrected chi connectivity index (χ4v) is 1.80. The minimum Gasteiger partial charge on any atom is -0.387 e. The summed E-state index contributed by atoms with van der Waals surface area (Å²) in [5.41, 5.74) is 0.957. The van der Waals surface area contributed by atoms with Crippen LogP contribution in [0.2, 0.25) is 0 Å². The zero-order valence-corrected chi connectivity index (χ0v) is 10.8. The van der Waals surface area contributed by atoms with Gasteiger partial charge < -0.3 is 5.11 Å². The Balaban J connectivity index is 2.77. The van der Waals surface area contributed by atoms with Crippen LogP contribution in [0.1, 0.15) is 25.5 Å². The van der Waals surface area contributed by atoms with Gasteiger partial charge in [-0.3, -0.25) is 4.90 Å². The summed E-state index contributed by atoms with van der Waals surface area (Å²) < 4.78 is 26.5. The summed E-state index contributed by atoms with van der Waals surface area (Å²) in [4.78, 5) is 1.93. The number of aliphatic hydroxyl groups is 1. The van der Waals surface area contributed by atoms with Gasteiger partial charge in [-0.15, -0.1) is 0 Å². The minimum absolute atomic E-state index is 0.00448. The van der Waals surface area contributed by atoms with Crippen LogP contribution in [0.15, 0.2) is 30.4 Å². The van der Waals surface area contributed by atoms with Crippen LogP contribution in [-0.4, -0.2) is 29.6 Å². The van der Waals surface area contributed by atoms with E-state index in [-0.39, 0.29) is 12.1 Å². The zero-order valence-electron chi connectivity index (χ0n) is 10.8. The lowest BCUT2D eigenvalue weighted by atomic mass is 10.1. The van der Waals surface area contributed by atoms with Crippen molar-refractivity contribution < 1.29 is 13.9 Å². The van der Waals surface area contributed by atoms with Crippen molar-refractivity contribution in [3.05, 3.63) is 47.5 Å². The normalized spacial score (nSPS) is 12.8. The van der Waals surface area contributed by atoms with Crippen molar-refractivity contribution in [3.63, 3.8) is 0 Å². The minimum atomic E-state index is -1.04. The highest BCUT2D eigenvalue weighted by Gasteiger charge is 2.16. The molecule has 1 N–H and O–H groups in total. The van der Waals surface area contributed by atoms with Gasteiger partial charge in [-0.2, -0.15) is 0 Å². The Bertz CT molecular complexity index is 420. The van der Waals surface area contributed by atoms with Gasteiger partial charge in [0.15, 0.2) is 0 Å². The molecule has 0 fully saturated rings. The van der Waals surface area contributed by atoms with E-state index in [4.69, 9.17) is 0 Å². The molecule has 1 aromatic rings. The molecule has 0 aromatic heterocycles. The second-order valence-electron chi connectivity index (χ2n) is 4.47. The summed E-state index contributed by atoms with van der Waals surface area (Å²) in [5.74, 6) is -1.14. The lowest BCUT2D eigenvalue weighted by molar-refractivity contribution is 0.117. The number of benzene rings is 1. The topological polar surface area (TPSA) is 23.5 Å². The van der Waals surface area contributed by atoms with E-state index in [2.05, 4.69) is 6.58 Å². The van der Waals surface area contributed by atoms with Gasteiger partial charge in [0.25, 0.3) is 0 Å². The van der Waals surface area contributed by atoms with Gasteiger partial charge in [0.2, 0.25) is 0 Å². The maximum Gasteiger partial charge on any atom is 0.129 e. The second-order valence-corrected chi connectivity index (χ2v) is 4.47. The highest BCUT2D eigenvalue weighted by atomic mass is 19.1. The van der Waals surface area contributed by atoms with E-state index in [1.54, 1.807) is 0 Å². The first-order chi connectivity index (χ1) is 8.43. The summed E-state index contributed by atoms with van der Waals surface area (Å²) in [6.45, 7) is 9.22. The van der Waals surface area contributed by atoms with E-state index in [0.29, 0.717) is 13.1 Å². The first-order valence-corrected chi connectivity index (χ1v) is 5.93. The number of hydrogen-bond acceptors (Lipinski definition) is 2. The van der Waals surface area contributed by atoms with Crippen LogP contribution >= 0.6 is 0 Å². The van der Waals surface area contributed by atoms with Crippen LogP contribution in [0.25, 0.3) is 0 Å². The number of aliphatic hydroxyl groups excluding tert-OH is 1. The van der Waals surface area contributed by atoms with Crippen LogP contribution in [0.5, 0.6) is 0 Å². The molecule has 1 aromatic carbocycles. The molecule has 0 saturated heterocycles. The molecule has 18 heavy (non-hydrogen) atoms. The Morgan fingerprint density at radius 3 is 2.67 bits per heavy atom. The molecule has 0 radical (unpaired) electrons. The van der Waals surface area contributed by atoms with Crippen molar-refractivity contribution in [1.29, 1.82) is 0 Å². The van der Waals surface area contributed by atoms with Crippen molar-refractivity contribution in [2.75, 3.05) is 19.6 Å². The van der Waals surface area contributed by atoms with Crippen LogP contribution in [-0.2, 0) is 0 Å². The van der Waals surface area contributed by atoms with Crippen molar-refractivity contribution in [1.82, 2.24) is 4.90 Å². The number of nitrogens with zero attached hydrogens (tertiary/aromatic N) is 1. The van der Waals surface area contributed by atoms with Crippen LogP contribution in [0.3, 0.4) is 0 Å². The van der Waals surface area contributed by atoms with E-state index in [0.717, 1.165) is 23.8 Å². The monoisotopic (exact) mass is 255 g/mol. The van der Waals surface area contributed by atoms with Crippen LogP contribution in [0.4, 0.5) is 8.78 Å². The van der Waals surface area contributed by atoms with E-state index in [1.807, 2.05) is 18.7 Å². The molecular weight excluding hydrogens is 236 g/mol. The fourth-order valence-electron chi connectivity index (χ4n) is 1.80. The molecule has 0 bridgehead atoms. The Labute approximate surface area is 107 Å². The van der Waals surface area contributed by atoms with Gasteiger partial charge in [-0.05, 0) is 31.7 Å². The Morgan fingerprint density at radius 1 is 1.44 bits per heavy atom. The molecule has 4 heteroatoms. The van der Waals surface area contributed by atoms with E-state index in [9.17, 15) is 13.9 Å². The van der Waals surface area contributed by atoms with Gasteiger partial charge >= 0.3 is 0 Å². The molecular formula is C14H19F2NO. The van der Waals surface area contributed by atoms with Crippen molar-refractivity contribution in [2.24, 2.45) is 0 Å². The smallest absolute Gasteiger partial charge is 0.129 e. The molecule has 0 aliphatic carbocycles. The number of halogens is 2. The summed E-state index contributed by atoms with van der Waals surface area (Å²) in [5, 5.41) is 9.96. The van der Waals surface area contributed by atoms with E-state index < -0.39 is 17.7 Å². The Morgan fingerprint density at radius 2 is 2.11 bits per heavy atom. The lowest BCUT2D eigenvalue weighted by Gasteiger charge is -2.24. The third-order valence-electron chi connectivity index (χ3n) is 2.69. The first kappa shape index (κ1) is 14.8. The predicted molar refractivity (Wildman–Crippen MR) is 68.2 cm³/mol. The van der Waals surface area contributed by atoms with E-state index in [1.165, 1.54) is 0 Å². The molecule has 1 atom stereocenters. The fraction of sp³-hybridized carbons (Fsp3) is 0.429. The summed E-state index contributed by atoms with van der Waals surface area (Å²) >= 11 is 0. The molecule has 0 aliphatic rings. The standard InChI is InChI=1S/C14H19F2NO/c1-4-17(8-10(2)3)9-14(18)12-7-11(15)5-6-13(12)16/h5-7,14,18H,2,4,8-9H2,1,3H3. The maximum atomic E-state index is 13.5. The molecule has 2 nitrogen and oxygen atoms in total. The van der Waals surface area contributed by atoms with E-state index >= 15 is 0 Å². The molecule has 0 saturated carbocycles.